The summed E-state index contributed by atoms with van der Waals surface area (Å²) >= 11 is 0. The van der Waals surface area contributed by atoms with Crippen LogP contribution in [-0.4, -0.2) is 22.2 Å². The molecule has 1 unspecified atom stereocenters. The maximum absolute atomic E-state index is 11.1. The Labute approximate surface area is 96.7 Å². The van der Waals surface area contributed by atoms with Gasteiger partial charge in [-0.05, 0) is 18.8 Å². The predicted octanol–water partition coefficient (Wildman–Crippen LogP) is 2.77. The summed E-state index contributed by atoms with van der Waals surface area (Å²) in [5.41, 5.74) is 0. The summed E-state index contributed by atoms with van der Waals surface area (Å²) in [6, 6.07) is 0. The highest BCUT2D eigenvalue weighted by Gasteiger charge is 2.24. The molecule has 2 N–H and O–H groups in total. The summed E-state index contributed by atoms with van der Waals surface area (Å²) in [5, 5.41) is 17.6. The summed E-state index contributed by atoms with van der Waals surface area (Å²) in [4.78, 5) is 21.4. The van der Waals surface area contributed by atoms with E-state index in [0.29, 0.717) is 19.3 Å². The van der Waals surface area contributed by atoms with Crippen LogP contribution in [0.5, 0.6) is 0 Å². The fourth-order valence-electron chi connectivity index (χ4n) is 2.06. The molecular formula is C12H22O4. The third-order valence-corrected chi connectivity index (χ3v) is 3.09. The second kappa shape index (κ2) is 8.13. The van der Waals surface area contributed by atoms with Crippen molar-refractivity contribution in [3.63, 3.8) is 0 Å². The van der Waals surface area contributed by atoms with Crippen LogP contribution in [0.25, 0.3) is 0 Å². The Morgan fingerprint density at radius 1 is 1.06 bits per heavy atom. The van der Waals surface area contributed by atoms with Crippen molar-refractivity contribution in [1.82, 2.24) is 0 Å². The van der Waals surface area contributed by atoms with E-state index in [1.165, 1.54) is 0 Å². The van der Waals surface area contributed by atoms with Crippen molar-refractivity contribution in [2.45, 2.75) is 52.4 Å². The highest BCUT2D eigenvalue weighted by atomic mass is 16.4. The molecule has 4 heteroatoms. The van der Waals surface area contributed by atoms with Gasteiger partial charge in [-0.25, -0.2) is 0 Å². The summed E-state index contributed by atoms with van der Waals surface area (Å²) in [5.74, 6) is -1.66. The van der Waals surface area contributed by atoms with E-state index in [1.54, 1.807) is 0 Å². The van der Waals surface area contributed by atoms with Gasteiger partial charge in [0.05, 0.1) is 5.92 Å². The van der Waals surface area contributed by atoms with Crippen LogP contribution in [0.1, 0.15) is 52.4 Å². The molecule has 94 valence electrons. The fraction of sp³-hybridized carbons (Fsp3) is 0.833. The number of aliphatic carboxylic acids is 2. The van der Waals surface area contributed by atoms with Crippen LogP contribution < -0.4 is 0 Å². The molecule has 0 fully saturated rings. The Morgan fingerprint density at radius 2 is 1.62 bits per heavy atom. The molecule has 0 aromatic heterocycles. The van der Waals surface area contributed by atoms with Gasteiger partial charge in [0.2, 0.25) is 0 Å². The smallest absolute Gasteiger partial charge is 0.306 e. The molecule has 0 aromatic rings. The zero-order valence-electron chi connectivity index (χ0n) is 10.1. The van der Waals surface area contributed by atoms with Gasteiger partial charge in [-0.15, -0.1) is 0 Å². The average molecular weight is 230 g/mol. The second-order valence-corrected chi connectivity index (χ2v) is 4.16. The quantitative estimate of drug-likeness (QED) is 0.597. The molecule has 0 radical (unpaired) electrons. The van der Waals surface area contributed by atoms with E-state index in [0.717, 1.165) is 12.8 Å². The molecule has 0 rings (SSSR count). The summed E-state index contributed by atoms with van der Waals surface area (Å²) in [6.45, 7) is 4.00. The summed E-state index contributed by atoms with van der Waals surface area (Å²) in [6.07, 6.45) is 3.71. The standard InChI is InChI=1S/C12H22O4/c1-3-9(4-2)10(12(15)16)7-5-6-8-11(13)14/h9-10H,3-8H2,1-2H3,(H,13,14)(H,15,16). The molecule has 0 aliphatic carbocycles. The Bertz CT molecular complexity index is 221. The van der Waals surface area contributed by atoms with Crippen LogP contribution in [0.15, 0.2) is 0 Å². The third-order valence-electron chi connectivity index (χ3n) is 3.09. The Hall–Kier alpha value is -1.06. The van der Waals surface area contributed by atoms with E-state index in [4.69, 9.17) is 10.2 Å². The van der Waals surface area contributed by atoms with Crippen LogP contribution in [0.4, 0.5) is 0 Å². The van der Waals surface area contributed by atoms with E-state index in [2.05, 4.69) is 0 Å². The maximum atomic E-state index is 11.1. The normalized spacial score (nSPS) is 12.7. The lowest BCUT2D eigenvalue weighted by atomic mass is 9.84. The van der Waals surface area contributed by atoms with Crippen LogP contribution >= 0.6 is 0 Å². The van der Waals surface area contributed by atoms with E-state index in [-0.39, 0.29) is 18.3 Å². The number of carboxylic acid groups (broad SMARTS) is 2. The zero-order valence-corrected chi connectivity index (χ0v) is 10.1. The highest BCUT2D eigenvalue weighted by Crippen LogP contribution is 2.25. The van der Waals surface area contributed by atoms with Crippen molar-refractivity contribution in [2.75, 3.05) is 0 Å². The Balaban J connectivity index is 4.03. The van der Waals surface area contributed by atoms with Crippen molar-refractivity contribution < 1.29 is 19.8 Å². The van der Waals surface area contributed by atoms with Crippen molar-refractivity contribution in [3.8, 4) is 0 Å². The minimum atomic E-state index is -0.811. The summed E-state index contributed by atoms with van der Waals surface area (Å²) < 4.78 is 0. The van der Waals surface area contributed by atoms with Gasteiger partial charge in [-0.2, -0.15) is 0 Å². The maximum Gasteiger partial charge on any atom is 0.306 e. The first-order chi connectivity index (χ1) is 7.52. The molecule has 16 heavy (non-hydrogen) atoms. The molecule has 0 aromatic carbocycles. The number of unbranched alkanes of at least 4 members (excludes halogenated alkanes) is 1. The van der Waals surface area contributed by atoms with Gasteiger partial charge in [0.1, 0.15) is 0 Å². The Kier molecular flexibility index (Phi) is 7.60. The molecule has 0 aliphatic rings. The number of hydrogen-bond acceptors (Lipinski definition) is 2. The van der Waals surface area contributed by atoms with Gasteiger partial charge in [-0.1, -0.05) is 33.1 Å². The number of carbonyl (C=O) groups is 2. The van der Waals surface area contributed by atoms with Crippen LogP contribution in [-0.2, 0) is 9.59 Å². The zero-order chi connectivity index (χ0) is 12.6. The van der Waals surface area contributed by atoms with Gasteiger partial charge in [0.15, 0.2) is 0 Å². The van der Waals surface area contributed by atoms with Gasteiger partial charge in [-0.3, -0.25) is 9.59 Å². The summed E-state index contributed by atoms with van der Waals surface area (Å²) in [7, 11) is 0. The number of hydrogen-bond donors (Lipinski definition) is 2. The first kappa shape index (κ1) is 14.9. The van der Waals surface area contributed by atoms with E-state index in [1.807, 2.05) is 13.8 Å². The Morgan fingerprint density at radius 3 is 2.00 bits per heavy atom. The van der Waals surface area contributed by atoms with Crippen molar-refractivity contribution >= 4 is 11.9 Å². The molecule has 0 aliphatic heterocycles. The third kappa shape index (κ3) is 5.73. The lowest BCUT2D eigenvalue weighted by Crippen LogP contribution is -2.22. The minimum Gasteiger partial charge on any atom is -0.481 e. The first-order valence-corrected chi connectivity index (χ1v) is 5.97. The molecule has 0 saturated carbocycles. The lowest BCUT2D eigenvalue weighted by Gasteiger charge is -2.21. The molecule has 0 amide bonds. The van der Waals surface area contributed by atoms with Crippen molar-refractivity contribution in [1.29, 1.82) is 0 Å². The highest BCUT2D eigenvalue weighted by molar-refractivity contribution is 5.70. The van der Waals surface area contributed by atoms with Crippen molar-refractivity contribution in [2.24, 2.45) is 11.8 Å². The first-order valence-electron chi connectivity index (χ1n) is 5.97. The van der Waals surface area contributed by atoms with Crippen molar-refractivity contribution in [3.05, 3.63) is 0 Å². The second-order valence-electron chi connectivity index (χ2n) is 4.16. The van der Waals surface area contributed by atoms with Gasteiger partial charge in [0, 0.05) is 6.42 Å². The van der Waals surface area contributed by atoms with Crippen LogP contribution in [0, 0.1) is 11.8 Å². The topological polar surface area (TPSA) is 74.6 Å². The minimum absolute atomic E-state index is 0.134. The predicted molar refractivity (Wildman–Crippen MR) is 61.3 cm³/mol. The van der Waals surface area contributed by atoms with Gasteiger partial charge < -0.3 is 10.2 Å². The molecular weight excluding hydrogens is 208 g/mol. The average Bonchev–Trinajstić information content (AvgIpc) is 2.22. The molecule has 4 nitrogen and oxygen atoms in total. The van der Waals surface area contributed by atoms with Crippen LogP contribution in [0.3, 0.4) is 0 Å². The molecule has 0 heterocycles. The number of carboxylic acids is 2. The monoisotopic (exact) mass is 230 g/mol. The van der Waals surface area contributed by atoms with E-state index >= 15 is 0 Å². The molecule has 0 spiro atoms. The fourth-order valence-corrected chi connectivity index (χ4v) is 2.06. The SMILES string of the molecule is CCC(CC)C(CCCCC(=O)O)C(=O)O. The van der Waals surface area contributed by atoms with Gasteiger partial charge in [0.25, 0.3) is 0 Å². The van der Waals surface area contributed by atoms with Gasteiger partial charge >= 0.3 is 11.9 Å². The van der Waals surface area contributed by atoms with E-state index < -0.39 is 11.9 Å². The molecule has 1 atom stereocenters. The lowest BCUT2D eigenvalue weighted by molar-refractivity contribution is -0.144. The molecule has 0 bridgehead atoms. The largest absolute Gasteiger partial charge is 0.481 e. The van der Waals surface area contributed by atoms with E-state index in [9.17, 15) is 9.59 Å². The molecule has 0 saturated heterocycles. The van der Waals surface area contributed by atoms with Crippen LogP contribution in [0.2, 0.25) is 0 Å². The number of rotatable bonds is 9.